The number of piperidine rings is 1. The molecule has 128 valence electrons. The van der Waals surface area contributed by atoms with E-state index in [0.717, 1.165) is 37.5 Å². The van der Waals surface area contributed by atoms with Crippen LogP contribution in [0.4, 0.5) is 0 Å². The molecule has 1 N–H and O–H groups in total. The van der Waals surface area contributed by atoms with Crippen LogP contribution in [0, 0.1) is 5.92 Å². The molecule has 4 nitrogen and oxygen atoms in total. The third kappa shape index (κ3) is 7.04. The van der Waals surface area contributed by atoms with Gasteiger partial charge in [-0.1, -0.05) is 30.7 Å². The molecule has 1 aliphatic rings. The maximum Gasteiger partial charge on any atom is 0.233 e. The average molecular weight is 357 g/mol. The van der Waals surface area contributed by atoms with Crippen LogP contribution >= 0.6 is 11.6 Å². The van der Waals surface area contributed by atoms with E-state index in [0.29, 0.717) is 11.6 Å². The van der Waals surface area contributed by atoms with Gasteiger partial charge in [-0.2, -0.15) is 0 Å². The molecule has 0 saturated carbocycles. The second-order valence-electron chi connectivity index (χ2n) is 6.17. The van der Waals surface area contributed by atoms with Crippen LogP contribution in [0.3, 0.4) is 0 Å². The van der Waals surface area contributed by atoms with Crippen molar-refractivity contribution in [1.82, 2.24) is 9.62 Å². The van der Waals surface area contributed by atoms with E-state index in [1.165, 1.54) is 18.2 Å². The fourth-order valence-corrected chi connectivity index (χ4v) is 3.58. The normalized spacial score (nSPS) is 17.8. The topological polar surface area (TPSA) is 49.4 Å². The van der Waals surface area contributed by atoms with Crippen molar-refractivity contribution in [2.45, 2.75) is 26.2 Å². The number of hydrogen-bond acceptors (Lipinski definition) is 3. The monoisotopic (exact) mass is 356 g/mol. The zero-order chi connectivity index (χ0) is 16.7. The zero-order valence-corrected chi connectivity index (χ0v) is 15.1. The third-order valence-corrected chi connectivity index (χ3v) is 5.49. The van der Waals surface area contributed by atoms with Gasteiger partial charge in [0.15, 0.2) is 0 Å². The molecule has 1 aromatic carbocycles. The maximum absolute atomic E-state index is 11.9. The molecule has 1 aromatic rings. The van der Waals surface area contributed by atoms with Gasteiger partial charge in [0.05, 0.1) is 0 Å². The molecule has 2 rings (SSSR count). The number of hydrogen-bond donors (Lipinski definition) is 1. The van der Waals surface area contributed by atoms with Crippen LogP contribution in [0.5, 0.6) is 0 Å². The Kier molecular flexibility index (Phi) is 7.09. The van der Waals surface area contributed by atoms with Gasteiger partial charge in [-0.05, 0) is 68.6 Å². The number of benzene rings is 1. The van der Waals surface area contributed by atoms with E-state index in [2.05, 4.69) is 16.5 Å². The molecule has 0 radical (unpaired) electrons. The van der Waals surface area contributed by atoms with Gasteiger partial charge in [-0.25, -0.2) is 13.1 Å². The van der Waals surface area contributed by atoms with E-state index in [1.807, 2.05) is 0 Å². The molecule has 1 saturated heterocycles. The Morgan fingerprint density at radius 2 is 1.91 bits per heavy atom. The number of likely N-dealkylation sites (tertiary alicyclic amines) is 1. The van der Waals surface area contributed by atoms with Gasteiger partial charge in [-0.15, -0.1) is 0 Å². The Labute approximate surface area is 144 Å². The van der Waals surface area contributed by atoms with E-state index >= 15 is 0 Å². The minimum atomic E-state index is -3.38. The van der Waals surface area contributed by atoms with Crippen molar-refractivity contribution >= 4 is 27.7 Å². The molecule has 0 amide bonds. The molecular weight excluding hydrogens is 332 g/mol. The van der Waals surface area contributed by atoms with Crippen molar-refractivity contribution < 1.29 is 8.42 Å². The van der Waals surface area contributed by atoms with E-state index in [4.69, 9.17) is 11.6 Å². The van der Waals surface area contributed by atoms with Gasteiger partial charge in [0.25, 0.3) is 0 Å². The van der Waals surface area contributed by atoms with Gasteiger partial charge in [0.2, 0.25) is 10.0 Å². The molecule has 0 aromatic heterocycles. The fourth-order valence-electron chi connectivity index (χ4n) is 2.59. The highest BCUT2D eigenvalue weighted by molar-refractivity contribution is 7.92. The van der Waals surface area contributed by atoms with Crippen LogP contribution in [0.25, 0.3) is 6.08 Å². The molecule has 0 unspecified atom stereocenters. The summed E-state index contributed by atoms with van der Waals surface area (Å²) >= 11 is 5.80. The molecule has 6 heteroatoms. The maximum atomic E-state index is 11.9. The number of sulfonamides is 1. The van der Waals surface area contributed by atoms with E-state index < -0.39 is 10.0 Å². The van der Waals surface area contributed by atoms with Crippen molar-refractivity contribution in [3.05, 3.63) is 40.3 Å². The molecule has 1 aliphatic heterocycles. The first kappa shape index (κ1) is 18.5. The summed E-state index contributed by atoms with van der Waals surface area (Å²) in [5.74, 6) is 0.822. The molecule has 0 bridgehead atoms. The Balaban J connectivity index is 1.70. The molecular formula is C17H25ClN2O2S. The second-order valence-corrected chi connectivity index (χ2v) is 8.26. The molecule has 0 atom stereocenters. The number of halogens is 1. The molecule has 1 heterocycles. The average Bonchev–Trinajstić information content (AvgIpc) is 2.53. The summed E-state index contributed by atoms with van der Waals surface area (Å²) in [6, 6.07) is 7.04. The van der Waals surface area contributed by atoms with E-state index in [1.54, 1.807) is 30.3 Å². The summed E-state index contributed by atoms with van der Waals surface area (Å²) in [7, 11) is -3.38. The lowest BCUT2D eigenvalue weighted by Crippen LogP contribution is -2.35. The highest BCUT2D eigenvalue weighted by Crippen LogP contribution is 2.15. The van der Waals surface area contributed by atoms with Crippen LogP contribution in [-0.2, 0) is 10.0 Å². The third-order valence-electron chi connectivity index (χ3n) is 4.14. The van der Waals surface area contributed by atoms with Gasteiger partial charge in [0, 0.05) is 17.0 Å². The largest absolute Gasteiger partial charge is 0.303 e. The van der Waals surface area contributed by atoms with Gasteiger partial charge in [-0.3, -0.25) is 0 Å². The Morgan fingerprint density at radius 3 is 2.57 bits per heavy atom. The van der Waals surface area contributed by atoms with Crippen LogP contribution < -0.4 is 4.72 Å². The zero-order valence-electron chi connectivity index (χ0n) is 13.5. The Hall–Kier alpha value is -0.880. The number of nitrogens with zero attached hydrogens (tertiary/aromatic N) is 1. The molecule has 0 spiro atoms. The summed E-state index contributed by atoms with van der Waals surface area (Å²) in [5, 5.41) is 1.84. The summed E-state index contributed by atoms with van der Waals surface area (Å²) in [5.41, 5.74) is 0.808. The van der Waals surface area contributed by atoms with Crippen molar-refractivity contribution in [1.29, 1.82) is 0 Å². The lowest BCUT2D eigenvalue weighted by molar-refractivity contribution is 0.191. The van der Waals surface area contributed by atoms with Crippen LogP contribution in [-0.4, -0.2) is 39.5 Å². The van der Waals surface area contributed by atoms with Crippen molar-refractivity contribution in [2.75, 3.05) is 26.2 Å². The molecule has 0 aliphatic carbocycles. The number of rotatable bonds is 7. The lowest BCUT2D eigenvalue weighted by atomic mass is 9.99. The Morgan fingerprint density at radius 1 is 1.26 bits per heavy atom. The van der Waals surface area contributed by atoms with Gasteiger partial charge in [0.1, 0.15) is 0 Å². The van der Waals surface area contributed by atoms with Crippen LogP contribution in [0.15, 0.2) is 29.7 Å². The minimum Gasteiger partial charge on any atom is -0.303 e. The van der Waals surface area contributed by atoms with E-state index in [-0.39, 0.29) is 0 Å². The van der Waals surface area contributed by atoms with Crippen molar-refractivity contribution in [3.63, 3.8) is 0 Å². The molecule has 1 fully saturated rings. The van der Waals surface area contributed by atoms with E-state index in [9.17, 15) is 8.42 Å². The van der Waals surface area contributed by atoms with Crippen LogP contribution in [0.1, 0.15) is 31.7 Å². The van der Waals surface area contributed by atoms with Crippen LogP contribution in [0.2, 0.25) is 5.02 Å². The standard InChI is InChI=1S/C17H25ClN2O2S/c1-15-7-12-20(13-8-15)11-2-10-19-23(21,22)14-9-16-3-5-17(18)6-4-16/h3-6,9,14-15,19H,2,7-8,10-13H2,1H3/b14-9+. The minimum absolute atomic E-state index is 0.472. The predicted octanol–water partition coefficient (Wildman–Crippen LogP) is 3.35. The smallest absolute Gasteiger partial charge is 0.233 e. The SMILES string of the molecule is CC1CCN(CCCNS(=O)(=O)/C=C/c2ccc(Cl)cc2)CC1. The van der Waals surface area contributed by atoms with Crippen molar-refractivity contribution in [2.24, 2.45) is 5.92 Å². The first-order valence-electron chi connectivity index (χ1n) is 8.10. The highest BCUT2D eigenvalue weighted by Gasteiger charge is 2.15. The van der Waals surface area contributed by atoms with Gasteiger partial charge >= 0.3 is 0 Å². The second kappa shape index (κ2) is 8.83. The quantitative estimate of drug-likeness (QED) is 0.762. The fraction of sp³-hybridized carbons (Fsp3) is 0.529. The highest BCUT2D eigenvalue weighted by atomic mass is 35.5. The van der Waals surface area contributed by atoms with Gasteiger partial charge < -0.3 is 4.90 Å². The predicted molar refractivity (Wildman–Crippen MR) is 96.9 cm³/mol. The Bertz CT molecular complexity index is 606. The van der Waals surface area contributed by atoms with Crippen molar-refractivity contribution in [3.8, 4) is 0 Å². The molecule has 23 heavy (non-hydrogen) atoms. The first-order valence-corrected chi connectivity index (χ1v) is 10.0. The summed E-state index contributed by atoms with van der Waals surface area (Å²) in [4.78, 5) is 2.41. The number of nitrogens with one attached hydrogen (secondary N) is 1. The summed E-state index contributed by atoms with van der Waals surface area (Å²) < 4.78 is 26.5. The lowest BCUT2D eigenvalue weighted by Gasteiger charge is -2.30. The summed E-state index contributed by atoms with van der Waals surface area (Å²) in [6.07, 6.45) is 4.90. The first-order chi connectivity index (χ1) is 10.9. The summed E-state index contributed by atoms with van der Waals surface area (Å²) in [6.45, 7) is 5.97.